The van der Waals surface area contributed by atoms with Gasteiger partial charge in [0.15, 0.2) is 0 Å². The van der Waals surface area contributed by atoms with Crippen LogP contribution in [-0.4, -0.2) is 34.4 Å². The molecule has 1 aromatic carbocycles. The Morgan fingerprint density at radius 1 is 1.35 bits per heavy atom. The number of aliphatic hydroxyl groups excluding tert-OH is 1. The van der Waals surface area contributed by atoms with Gasteiger partial charge in [0, 0.05) is 30.1 Å². The summed E-state index contributed by atoms with van der Waals surface area (Å²) in [5.74, 6) is 0.409. The van der Waals surface area contributed by atoms with Gasteiger partial charge in [-0.2, -0.15) is 0 Å². The lowest BCUT2D eigenvalue weighted by Crippen LogP contribution is -2.52. The lowest BCUT2D eigenvalue weighted by atomic mass is 10.0. The summed E-state index contributed by atoms with van der Waals surface area (Å²) in [4.78, 5) is 8.86. The average molecular weight is 358 g/mol. The molecular formula is C20H31N5O. The first-order valence-electron chi connectivity index (χ1n) is 9.21. The third kappa shape index (κ3) is 5.33. The van der Waals surface area contributed by atoms with Crippen molar-refractivity contribution in [1.82, 2.24) is 10.4 Å². The van der Waals surface area contributed by atoms with Gasteiger partial charge in [0.25, 0.3) is 0 Å². The van der Waals surface area contributed by atoms with Gasteiger partial charge in [-0.1, -0.05) is 25.8 Å². The van der Waals surface area contributed by atoms with E-state index >= 15 is 0 Å². The monoisotopic (exact) mass is 357 g/mol. The number of unbranched alkanes of at least 4 members (excludes halogenated alkanes) is 2. The van der Waals surface area contributed by atoms with E-state index in [4.69, 9.17) is 5.73 Å². The highest BCUT2D eigenvalue weighted by atomic mass is 16.3. The van der Waals surface area contributed by atoms with E-state index in [0.29, 0.717) is 5.96 Å². The maximum Gasteiger partial charge on any atom is 0.207 e. The van der Waals surface area contributed by atoms with Crippen molar-refractivity contribution in [1.29, 1.82) is 0 Å². The van der Waals surface area contributed by atoms with Gasteiger partial charge in [-0.3, -0.25) is 20.4 Å². The van der Waals surface area contributed by atoms with Crippen LogP contribution < -0.4 is 11.2 Å². The molecule has 1 aromatic rings. The summed E-state index contributed by atoms with van der Waals surface area (Å²) in [7, 11) is 0. The number of nitrogens with two attached hydrogens (primary N) is 1. The number of rotatable bonds is 7. The van der Waals surface area contributed by atoms with Gasteiger partial charge in [-0.25, -0.2) is 0 Å². The van der Waals surface area contributed by atoms with E-state index in [2.05, 4.69) is 43.1 Å². The van der Waals surface area contributed by atoms with E-state index in [1.807, 2.05) is 35.6 Å². The molecule has 6 heteroatoms. The number of hydrogen-bond acceptors (Lipinski definition) is 4. The van der Waals surface area contributed by atoms with Crippen molar-refractivity contribution >= 4 is 23.4 Å². The number of hydrogen-bond donors (Lipinski definition) is 3. The van der Waals surface area contributed by atoms with E-state index in [1.165, 1.54) is 0 Å². The predicted octanol–water partition coefficient (Wildman–Crippen LogP) is 3.35. The number of hydrazine groups is 1. The first kappa shape index (κ1) is 20.0. The number of fused-ring (bicyclic) bond motifs is 1. The van der Waals surface area contributed by atoms with E-state index in [1.54, 1.807) is 0 Å². The fourth-order valence-corrected chi connectivity index (χ4v) is 2.59. The Bertz CT molecular complexity index is 701. The molecule has 0 atom stereocenters. The first-order valence-corrected chi connectivity index (χ1v) is 9.21. The Kier molecular flexibility index (Phi) is 6.80. The standard InChI is InChI=1S/C20H31N5O/c1-5-6-7-10-22-19(21)24-25(20(2,3)4)13-16-12-23-18-9-8-15(14-26)11-17(16)18/h8-9,11-13,26H,5-7,10,14H2,1-4H3,(H3,21,22,24)/b16-13+. The third-order valence-corrected chi connectivity index (χ3v) is 4.17. The Morgan fingerprint density at radius 3 is 2.77 bits per heavy atom. The molecule has 0 unspecified atom stereocenters. The van der Waals surface area contributed by atoms with Crippen molar-refractivity contribution in [3.8, 4) is 0 Å². The van der Waals surface area contributed by atoms with Crippen molar-refractivity contribution in [2.24, 2.45) is 15.7 Å². The second-order valence-corrected chi connectivity index (χ2v) is 7.48. The summed E-state index contributed by atoms with van der Waals surface area (Å²) in [6, 6.07) is 5.79. The van der Waals surface area contributed by atoms with Gasteiger partial charge < -0.3 is 10.8 Å². The fraction of sp³-hybridized carbons (Fsp3) is 0.500. The van der Waals surface area contributed by atoms with Crippen LogP contribution in [0.4, 0.5) is 5.69 Å². The SMILES string of the molecule is CCCCCN=C(N)NN(/C=C1\C=Nc2ccc(CO)cc21)C(C)(C)C. The maximum atomic E-state index is 9.39. The van der Waals surface area contributed by atoms with Crippen molar-refractivity contribution in [3.63, 3.8) is 0 Å². The lowest BCUT2D eigenvalue weighted by Gasteiger charge is -2.35. The van der Waals surface area contributed by atoms with Crippen molar-refractivity contribution in [2.75, 3.05) is 6.54 Å². The summed E-state index contributed by atoms with van der Waals surface area (Å²) >= 11 is 0. The zero-order chi connectivity index (χ0) is 19.2. The molecular weight excluding hydrogens is 326 g/mol. The molecule has 26 heavy (non-hydrogen) atoms. The van der Waals surface area contributed by atoms with E-state index < -0.39 is 0 Å². The van der Waals surface area contributed by atoms with Gasteiger partial charge in [-0.15, -0.1) is 0 Å². The summed E-state index contributed by atoms with van der Waals surface area (Å²) in [6.45, 7) is 9.20. The van der Waals surface area contributed by atoms with E-state index in [0.717, 1.165) is 48.2 Å². The number of aliphatic imine (C=N–C) groups is 2. The number of allylic oxidation sites excluding steroid dienone is 1. The summed E-state index contributed by atoms with van der Waals surface area (Å²) in [5, 5.41) is 11.3. The van der Waals surface area contributed by atoms with E-state index in [-0.39, 0.29) is 12.1 Å². The minimum Gasteiger partial charge on any atom is -0.392 e. The highest BCUT2D eigenvalue weighted by Crippen LogP contribution is 2.33. The van der Waals surface area contributed by atoms with Gasteiger partial charge in [-0.05, 0) is 44.9 Å². The minimum atomic E-state index is -0.207. The van der Waals surface area contributed by atoms with Crippen LogP contribution >= 0.6 is 0 Å². The molecule has 0 aliphatic carbocycles. The fourth-order valence-electron chi connectivity index (χ4n) is 2.59. The zero-order valence-electron chi connectivity index (χ0n) is 16.3. The topological polar surface area (TPSA) is 86.2 Å². The Balaban J connectivity index is 2.20. The molecule has 142 valence electrons. The minimum absolute atomic E-state index is 0.0131. The quantitative estimate of drug-likeness (QED) is 0.302. The number of guanidine groups is 1. The molecule has 4 N–H and O–H groups in total. The Morgan fingerprint density at radius 2 is 2.12 bits per heavy atom. The highest BCUT2D eigenvalue weighted by molar-refractivity contribution is 6.16. The molecule has 1 aliphatic rings. The van der Waals surface area contributed by atoms with Crippen LogP contribution in [0.15, 0.2) is 34.4 Å². The molecule has 6 nitrogen and oxygen atoms in total. The first-order chi connectivity index (χ1) is 12.3. The van der Waals surface area contributed by atoms with Crippen LogP contribution in [0.1, 0.15) is 58.1 Å². The normalized spacial score (nSPS) is 15.4. The van der Waals surface area contributed by atoms with Crippen LogP contribution in [0.2, 0.25) is 0 Å². The smallest absolute Gasteiger partial charge is 0.207 e. The molecule has 0 fully saturated rings. The van der Waals surface area contributed by atoms with Crippen LogP contribution in [0, 0.1) is 0 Å². The van der Waals surface area contributed by atoms with Crippen molar-refractivity contribution < 1.29 is 5.11 Å². The number of nitrogens with one attached hydrogen (secondary N) is 1. The summed E-state index contributed by atoms with van der Waals surface area (Å²) in [5.41, 5.74) is 12.8. The maximum absolute atomic E-state index is 9.39. The molecule has 1 heterocycles. The molecule has 2 rings (SSSR count). The lowest BCUT2D eigenvalue weighted by molar-refractivity contribution is 0.173. The number of nitrogens with zero attached hydrogens (tertiary/aromatic N) is 3. The Labute approximate surface area is 156 Å². The third-order valence-electron chi connectivity index (χ3n) is 4.17. The Hall–Kier alpha value is -2.34. The highest BCUT2D eigenvalue weighted by Gasteiger charge is 2.22. The van der Waals surface area contributed by atoms with Crippen LogP contribution in [0.5, 0.6) is 0 Å². The second kappa shape index (κ2) is 8.85. The second-order valence-electron chi connectivity index (χ2n) is 7.48. The van der Waals surface area contributed by atoms with Gasteiger partial charge in [0.1, 0.15) is 0 Å². The molecule has 0 amide bonds. The molecule has 0 radical (unpaired) electrons. The number of benzene rings is 1. The zero-order valence-corrected chi connectivity index (χ0v) is 16.3. The molecule has 0 saturated carbocycles. The van der Waals surface area contributed by atoms with Crippen LogP contribution in [0.25, 0.3) is 5.57 Å². The van der Waals surface area contributed by atoms with Crippen molar-refractivity contribution in [2.45, 2.75) is 59.1 Å². The average Bonchev–Trinajstić information content (AvgIpc) is 2.99. The number of aliphatic hydroxyl groups is 1. The summed E-state index contributed by atoms with van der Waals surface area (Å²) in [6.07, 6.45) is 7.19. The van der Waals surface area contributed by atoms with Gasteiger partial charge in [0.2, 0.25) is 5.96 Å². The van der Waals surface area contributed by atoms with Crippen molar-refractivity contribution in [3.05, 3.63) is 35.5 Å². The molecule has 0 saturated heterocycles. The predicted molar refractivity (Wildman–Crippen MR) is 109 cm³/mol. The summed E-state index contributed by atoms with van der Waals surface area (Å²) < 4.78 is 0. The molecule has 0 spiro atoms. The molecule has 0 aromatic heterocycles. The largest absolute Gasteiger partial charge is 0.392 e. The van der Waals surface area contributed by atoms with E-state index in [9.17, 15) is 5.11 Å². The van der Waals surface area contributed by atoms with Crippen LogP contribution in [0.3, 0.4) is 0 Å². The molecule has 1 aliphatic heterocycles. The molecule has 0 bridgehead atoms. The van der Waals surface area contributed by atoms with Gasteiger partial charge >= 0.3 is 0 Å². The van der Waals surface area contributed by atoms with Crippen LogP contribution in [-0.2, 0) is 6.61 Å². The van der Waals surface area contributed by atoms with Gasteiger partial charge in [0.05, 0.1) is 17.8 Å².